The summed E-state index contributed by atoms with van der Waals surface area (Å²) in [4.78, 5) is 25.9. The summed E-state index contributed by atoms with van der Waals surface area (Å²) in [5.74, 6) is -0.460. The number of carbonyl (C=O) groups excluding carboxylic acids is 1. The first-order valence-electron chi connectivity index (χ1n) is 10.1. The third-order valence-electron chi connectivity index (χ3n) is 5.37. The molecule has 2 aromatic heterocycles. The Morgan fingerprint density at radius 1 is 1.13 bits per heavy atom. The lowest BCUT2D eigenvalue weighted by molar-refractivity contribution is -0.117. The van der Waals surface area contributed by atoms with Gasteiger partial charge in [0.2, 0.25) is 5.91 Å². The van der Waals surface area contributed by atoms with Crippen LogP contribution in [0, 0.1) is 12.7 Å². The Balaban J connectivity index is 1.55. The fourth-order valence-electron chi connectivity index (χ4n) is 3.61. The Hall–Kier alpha value is -3.81. The van der Waals surface area contributed by atoms with E-state index in [0.717, 1.165) is 24.1 Å². The first-order valence-corrected chi connectivity index (χ1v) is 10.1. The summed E-state index contributed by atoms with van der Waals surface area (Å²) in [6, 6.07) is 13.2. The number of hydrogen-bond acceptors (Lipinski definition) is 4. The Kier molecular flexibility index (Phi) is 4.62. The van der Waals surface area contributed by atoms with Gasteiger partial charge in [0.25, 0.3) is 5.56 Å². The van der Waals surface area contributed by atoms with E-state index in [9.17, 15) is 14.0 Å². The second-order valence-corrected chi connectivity index (χ2v) is 7.83. The molecule has 7 nitrogen and oxygen atoms in total. The minimum Gasteiger partial charge on any atom is -0.324 e. The SMILES string of the molecule is Cc1ccc(NC(=O)Cn2nc(C3CC3)c3cnn(-c4ccc(F)cc4)c3c2=O)cc1. The number of aromatic nitrogens is 4. The average Bonchev–Trinajstić information content (AvgIpc) is 3.50. The molecule has 1 aliphatic rings. The van der Waals surface area contributed by atoms with Crippen LogP contribution in [0.15, 0.2) is 59.5 Å². The second-order valence-electron chi connectivity index (χ2n) is 7.83. The van der Waals surface area contributed by atoms with E-state index in [1.165, 1.54) is 21.5 Å². The van der Waals surface area contributed by atoms with Gasteiger partial charge < -0.3 is 5.32 Å². The average molecular weight is 417 g/mol. The molecule has 0 bridgehead atoms. The lowest BCUT2D eigenvalue weighted by Gasteiger charge is -2.11. The molecule has 8 heteroatoms. The molecule has 1 aliphatic carbocycles. The van der Waals surface area contributed by atoms with Crippen molar-refractivity contribution in [3.05, 3.63) is 82.2 Å². The van der Waals surface area contributed by atoms with E-state index < -0.39 is 5.56 Å². The van der Waals surface area contributed by atoms with Crippen molar-refractivity contribution >= 4 is 22.5 Å². The summed E-state index contributed by atoms with van der Waals surface area (Å²) in [6.45, 7) is 1.75. The Morgan fingerprint density at radius 2 is 1.84 bits per heavy atom. The largest absolute Gasteiger partial charge is 0.324 e. The summed E-state index contributed by atoms with van der Waals surface area (Å²) in [7, 11) is 0. The van der Waals surface area contributed by atoms with Crippen LogP contribution in [0.3, 0.4) is 0 Å². The molecule has 0 radical (unpaired) electrons. The molecule has 4 aromatic rings. The monoisotopic (exact) mass is 417 g/mol. The van der Waals surface area contributed by atoms with E-state index in [0.29, 0.717) is 22.3 Å². The van der Waals surface area contributed by atoms with E-state index in [1.807, 2.05) is 31.2 Å². The van der Waals surface area contributed by atoms with Crippen LogP contribution in [-0.4, -0.2) is 25.5 Å². The molecule has 0 spiro atoms. The van der Waals surface area contributed by atoms with Crippen LogP contribution in [0.25, 0.3) is 16.6 Å². The van der Waals surface area contributed by atoms with Crippen molar-refractivity contribution in [2.45, 2.75) is 32.2 Å². The van der Waals surface area contributed by atoms with Crippen LogP contribution in [0.2, 0.25) is 0 Å². The molecule has 2 heterocycles. The summed E-state index contributed by atoms with van der Waals surface area (Å²) < 4.78 is 16.0. The van der Waals surface area contributed by atoms with E-state index in [-0.39, 0.29) is 24.2 Å². The number of anilines is 1. The topological polar surface area (TPSA) is 81.8 Å². The molecule has 1 saturated carbocycles. The van der Waals surface area contributed by atoms with E-state index in [2.05, 4.69) is 15.5 Å². The summed E-state index contributed by atoms with van der Waals surface area (Å²) in [5, 5.41) is 12.3. The molecule has 2 aromatic carbocycles. The van der Waals surface area contributed by atoms with Gasteiger partial charge in [-0.2, -0.15) is 10.2 Å². The molecule has 0 aliphatic heterocycles. The number of aryl methyl sites for hydroxylation is 1. The Morgan fingerprint density at radius 3 is 2.52 bits per heavy atom. The van der Waals surface area contributed by atoms with E-state index in [4.69, 9.17) is 0 Å². The summed E-state index contributed by atoms with van der Waals surface area (Å²) >= 11 is 0. The maximum absolute atomic E-state index is 13.4. The number of halogens is 1. The maximum atomic E-state index is 13.4. The zero-order chi connectivity index (χ0) is 21.5. The molecule has 1 amide bonds. The number of nitrogens with one attached hydrogen (secondary N) is 1. The quantitative estimate of drug-likeness (QED) is 0.539. The Labute approximate surface area is 177 Å². The molecule has 0 atom stereocenters. The first-order chi connectivity index (χ1) is 15.0. The number of benzene rings is 2. The minimum absolute atomic E-state index is 0.211. The van der Waals surface area contributed by atoms with E-state index >= 15 is 0 Å². The van der Waals surface area contributed by atoms with Gasteiger partial charge in [0.15, 0.2) is 0 Å². The number of carbonyl (C=O) groups is 1. The number of hydrogen-bond donors (Lipinski definition) is 1. The van der Waals surface area contributed by atoms with Crippen LogP contribution >= 0.6 is 0 Å². The molecule has 31 heavy (non-hydrogen) atoms. The highest BCUT2D eigenvalue weighted by Gasteiger charge is 2.30. The molecule has 156 valence electrons. The molecule has 1 N–H and O–H groups in total. The smallest absolute Gasteiger partial charge is 0.293 e. The third kappa shape index (κ3) is 3.72. The van der Waals surface area contributed by atoms with Gasteiger partial charge in [-0.05, 0) is 56.2 Å². The van der Waals surface area contributed by atoms with Crippen LogP contribution in [-0.2, 0) is 11.3 Å². The lowest BCUT2D eigenvalue weighted by atomic mass is 10.2. The van der Waals surface area contributed by atoms with Gasteiger partial charge in [0.05, 0.1) is 17.6 Å². The summed E-state index contributed by atoms with van der Waals surface area (Å²) in [6.07, 6.45) is 3.59. The standard InChI is InChI=1S/C23H20FN5O2/c1-14-2-8-17(9-3-14)26-20(30)13-28-23(31)22-19(21(27-28)15-4-5-15)12-25-29(22)18-10-6-16(24)7-11-18/h2-3,6-12,15H,4-5,13H2,1H3,(H,26,30). The van der Waals surface area contributed by atoms with Crippen molar-refractivity contribution < 1.29 is 9.18 Å². The van der Waals surface area contributed by atoms with Crippen LogP contribution in [0.1, 0.15) is 30.0 Å². The van der Waals surface area contributed by atoms with Gasteiger partial charge >= 0.3 is 0 Å². The van der Waals surface area contributed by atoms with Gasteiger partial charge in [0.1, 0.15) is 17.9 Å². The van der Waals surface area contributed by atoms with E-state index in [1.54, 1.807) is 18.3 Å². The van der Waals surface area contributed by atoms with Crippen molar-refractivity contribution in [1.82, 2.24) is 19.6 Å². The molecular formula is C23H20FN5O2. The van der Waals surface area contributed by atoms with Crippen molar-refractivity contribution in [1.29, 1.82) is 0 Å². The predicted octanol–water partition coefficient (Wildman–Crippen LogP) is 3.55. The number of rotatable bonds is 5. The number of amides is 1. The van der Waals surface area contributed by atoms with Crippen molar-refractivity contribution in [2.75, 3.05) is 5.32 Å². The van der Waals surface area contributed by atoms with Crippen molar-refractivity contribution in [3.8, 4) is 5.69 Å². The fourth-order valence-corrected chi connectivity index (χ4v) is 3.61. The van der Waals surface area contributed by atoms with Gasteiger partial charge in [-0.3, -0.25) is 9.59 Å². The van der Waals surface area contributed by atoms with Crippen LogP contribution in [0.5, 0.6) is 0 Å². The Bertz CT molecular complexity index is 1340. The van der Waals surface area contributed by atoms with Crippen LogP contribution < -0.4 is 10.9 Å². The molecule has 5 rings (SSSR count). The van der Waals surface area contributed by atoms with Gasteiger partial charge in [0, 0.05) is 17.0 Å². The third-order valence-corrected chi connectivity index (χ3v) is 5.37. The number of nitrogens with zero attached hydrogens (tertiary/aromatic N) is 4. The minimum atomic E-state index is -0.416. The molecular weight excluding hydrogens is 397 g/mol. The molecule has 1 fully saturated rings. The fraction of sp³-hybridized carbons (Fsp3) is 0.217. The van der Waals surface area contributed by atoms with Crippen LogP contribution in [0.4, 0.5) is 10.1 Å². The highest BCUT2D eigenvalue weighted by Crippen LogP contribution is 2.41. The second kappa shape index (κ2) is 7.46. The van der Waals surface area contributed by atoms with Crippen molar-refractivity contribution in [2.24, 2.45) is 0 Å². The summed E-state index contributed by atoms with van der Waals surface area (Å²) in [5.41, 5.74) is 3.00. The highest BCUT2D eigenvalue weighted by molar-refractivity contribution is 5.90. The van der Waals surface area contributed by atoms with Crippen molar-refractivity contribution in [3.63, 3.8) is 0 Å². The predicted molar refractivity (Wildman–Crippen MR) is 115 cm³/mol. The molecule has 0 unspecified atom stereocenters. The normalized spacial score (nSPS) is 13.5. The zero-order valence-corrected chi connectivity index (χ0v) is 16.9. The lowest BCUT2D eigenvalue weighted by Crippen LogP contribution is -2.31. The van der Waals surface area contributed by atoms with Gasteiger partial charge in [-0.1, -0.05) is 17.7 Å². The first kappa shape index (κ1) is 19.2. The molecule has 0 saturated heterocycles. The van der Waals surface area contributed by atoms with Gasteiger partial charge in [-0.15, -0.1) is 0 Å². The zero-order valence-electron chi connectivity index (χ0n) is 16.9. The maximum Gasteiger partial charge on any atom is 0.293 e. The highest BCUT2D eigenvalue weighted by atomic mass is 19.1. The van der Waals surface area contributed by atoms with Gasteiger partial charge in [-0.25, -0.2) is 13.8 Å². The number of fused-ring (bicyclic) bond motifs is 1.